The van der Waals surface area contributed by atoms with Crippen molar-refractivity contribution in [3.05, 3.63) is 36.2 Å². The van der Waals surface area contributed by atoms with Crippen LogP contribution in [-0.4, -0.2) is 51.7 Å². The predicted molar refractivity (Wildman–Crippen MR) is 81.9 cm³/mol. The number of amides is 1. The van der Waals surface area contributed by atoms with Gasteiger partial charge in [-0.3, -0.25) is 9.59 Å². The van der Waals surface area contributed by atoms with Crippen LogP contribution in [-0.2, 0) is 4.79 Å². The number of carbonyl (C=O) groups is 2. The van der Waals surface area contributed by atoms with Gasteiger partial charge in [-0.2, -0.15) is 5.10 Å². The van der Waals surface area contributed by atoms with Crippen LogP contribution in [0, 0.1) is 0 Å². The van der Waals surface area contributed by atoms with Gasteiger partial charge in [0.15, 0.2) is 11.4 Å². The molecule has 0 radical (unpaired) electrons. The number of methoxy groups -OCH3 is 1. The highest BCUT2D eigenvalue weighted by molar-refractivity contribution is 5.96. The van der Waals surface area contributed by atoms with E-state index in [1.165, 1.54) is 10.9 Å². The molecule has 1 aromatic heterocycles. The summed E-state index contributed by atoms with van der Waals surface area (Å²) in [5.74, 6) is 0.325. The zero-order chi connectivity index (χ0) is 16.4. The molecule has 0 atom stereocenters. The van der Waals surface area contributed by atoms with E-state index in [2.05, 4.69) is 5.10 Å². The summed E-state index contributed by atoms with van der Waals surface area (Å²) >= 11 is 0. The lowest BCUT2D eigenvalue weighted by Crippen LogP contribution is -2.38. The third-order valence-electron chi connectivity index (χ3n) is 3.84. The molecule has 1 aliphatic rings. The molecule has 1 saturated heterocycles. The molecule has 1 N–H and O–H groups in total. The topological polar surface area (TPSA) is 84.7 Å². The van der Waals surface area contributed by atoms with E-state index in [0.29, 0.717) is 37.4 Å². The lowest BCUT2D eigenvalue weighted by atomic mass is 10.1. The van der Waals surface area contributed by atoms with Gasteiger partial charge in [0.1, 0.15) is 11.5 Å². The molecule has 3 rings (SSSR count). The van der Waals surface area contributed by atoms with Gasteiger partial charge in [0.2, 0.25) is 0 Å². The summed E-state index contributed by atoms with van der Waals surface area (Å²) in [6.07, 6.45) is 2.10. The molecule has 0 spiro atoms. The van der Waals surface area contributed by atoms with E-state index in [4.69, 9.17) is 4.74 Å². The number of aromatic hydroxyl groups is 1. The molecule has 1 aliphatic heterocycles. The average molecular weight is 315 g/mol. The van der Waals surface area contributed by atoms with Crippen molar-refractivity contribution in [2.75, 3.05) is 20.2 Å². The first kappa shape index (κ1) is 15.1. The van der Waals surface area contributed by atoms with Gasteiger partial charge in [0.05, 0.1) is 19.0 Å². The second kappa shape index (κ2) is 6.12. The summed E-state index contributed by atoms with van der Waals surface area (Å²) in [5, 5.41) is 14.2. The maximum atomic E-state index is 12.4. The Morgan fingerprint density at radius 3 is 2.48 bits per heavy atom. The minimum absolute atomic E-state index is 0.00447. The highest BCUT2D eigenvalue weighted by atomic mass is 16.5. The molecule has 120 valence electrons. The average Bonchev–Trinajstić information content (AvgIpc) is 2.97. The molecule has 0 bridgehead atoms. The molecule has 0 aliphatic carbocycles. The zero-order valence-corrected chi connectivity index (χ0v) is 12.7. The normalized spacial score (nSPS) is 14.8. The smallest absolute Gasteiger partial charge is 0.278 e. The number of likely N-dealkylation sites (tertiary alicyclic amines) is 1. The van der Waals surface area contributed by atoms with Crippen molar-refractivity contribution in [2.24, 2.45) is 0 Å². The highest BCUT2D eigenvalue weighted by Gasteiger charge is 2.26. The van der Waals surface area contributed by atoms with Gasteiger partial charge in [-0.25, -0.2) is 4.68 Å². The van der Waals surface area contributed by atoms with E-state index in [-0.39, 0.29) is 23.1 Å². The third-order valence-corrected chi connectivity index (χ3v) is 3.84. The number of carbonyl (C=O) groups excluding carboxylic acids is 2. The van der Waals surface area contributed by atoms with Gasteiger partial charge in [0, 0.05) is 25.9 Å². The molecular formula is C16H17N3O4. The number of piperidine rings is 1. The summed E-state index contributed by atoms with van der Waals surface area (Å²) < 4.78 is 6.53. The Hall–Kier alpha value is -2.83. The molecule has 1 amide bonds. The fourth-order valence-electron chi connectivity index (χ4n) is 2.49. The van der Waals surface area contributed by atoms with Crippen LogP contribution < -0.4 is 4.74 Å². The summed E-state index contributed by atoms with van der Waals surface area (Å²) in [7, 11) is 1.58. The van der Waals surface area contributed by atoms with Crippen molar-refractivity contribution in [3.8, 4) is 17.2 Å². The Morgan fingerprint density at radius 2 is 1.87 bits per heavy atom. The van der Waals surface area contributed by atoms with Crippen LogP contribution in [0.3, 0.4) is 0 Å². The lowest BCUT2D eigenvalue weighted by molar-refractivity contribution is -0.120. The van der Waals surface area contributed by atoms with Crippen molar-refractivity contribution in [1.82, 2.24) is 14.7 Å². The SMILES string of the molecule is COc1ccc(-n2cc(O)c(C(=O)N3CCC(=O)CC3)n2)cc1. The van der Waals surface area contributed by atoms with E-state index in [0.717, 1.165) is 0 Å². The Bertz CT molecular complexity index is 726. The van der Waals surface area contributed by atoms with Crippen molar-refractivity contribution in [1.29, 1.82) is 0 Å². The standard InChI is InChI=1S/C16H17N3O4/c1-23-13-4-2-11(3-5-13)19-10-14(21)15(17-19)16(22)18-8-6-12(20)7-9-18/h2-5,10,21H,6-9H2,1H3. The van der Waals surface area contributed by atoms with E-state index >= 15 is 0 Å². The van der Waals surface area contributed by atoms with Crippen LogP contribution in [0.25, 0.3) is 5.69 Å². The van der Waals surface area contributed by atoms with Crippen LogP contribution in [0.2, 0.25) is 0 Å². The van der Waals surface area contributed by atoms with Crippen LogP contribution >= 0.6 is 0 Å². The van der Waals surface area contributed by atoms with Crippen LogP contribution in [0.15, 0.2) is 30.5 Å². The van der Waals surface area contributed by atoms with Crippen molar-refractivity contribution in [2.45, 2.75) is 12.8 Å². The van der Waals surface area contributed by atoms with E-state index in [9.17, 15) is 14.7 Å². The number of ketones is 1. The summed E-state index contributed by atoms with van der Waals surface area (Å²) in [6, 6.07) is 7.09. The van der Waals surface area contributed by atoms with Gasteiger partial charge in [-0.1, -0.05) is 0 Å². The number of nitrogens with zero attached hydrogens (tertiary/aromatic N) is 3. The first-order valence-corrected chi connectivity index (χ1v) is 7.32. The van der Waals surface area contributed by atoms with Gasteiger partial charge < -0.3 is 14.7 Å². The highest BCUT2D eigenvalue weighted by Crippen LogP contribution is 2.22. The monoisotopic (exact) mass is 315 g/mol. The van der Waals surface area contributed by atoms with E-state index in [1.807, 2.05) is 0 Å². The van der Waals surface area contributed by atoms with Crippen LogP contribution in [0.4, 0.5) is 0 Å². The fraction of sp³-hybridized carbons (Fsp3) is 0.312. The van der Waals surface area contributed by atoms with Gasteiger partial charge in [-0.15, -0.1) is 0 Å². The molecule has 1 fully saturated rings. The number of rotatable bonds is 3. The van der Waals surface area contributed by atoms with Crippen LogP contribution in [0.1, 0.15) is 23.3 Å². The number of benzene rings is 1. The van der Waals surface area contributed by atoms with Crippen molar-refractivity contribution in [3.63, 3.8) is 0 Å². The van der Waals surface area contributed by atoms with Crippen molar-refractivity contribution >= 4 is 11.7 Å². The number of ether oxygens (including phenoxy) is 1. The molecule has 2 aromatic rings. The molecule has 7 nitrogen and oxygen atoms in total. The fourth-order valence-corrected chi connectivity index (χ4v) is 2.49. The summed E-state index contributed by atoms with van der Waals surface area (Å²) in [4.78, 5) is 25.2. The van der Waals surface area contributed by atoms with Crippen LogP contribution in [0.5, 0.6) is 11.5 Å². The maximum Gasteiger partial charge on any atom is 0.278 e. The first-order valence-electron chi connectivity index (χ1n) is 7.32. The number of hydrogen-bond acceptors (Lipinski definition) is 5. The molecule has 2 heterocycles. The Kier molecular flexibility index (Phi) is 4.01. The Morgan fingerprint density at radius 1 is 1.22 bits per heavy atom. The summed E-state index contributed by atoms with van der Waals surface area (Å²) in [6.45, 7) is 0.735. The molecule has 0 saturated carbocycles. The summed E-state index contributed by atoms with van der Waals surface area (Å²) in [5.41, 5.74) is 0.698. The van der Waals surface area contributed by atoms with Gasteiger partial charge >= 0.3 is 0 Å². The third kappa shape index (κ3) is 3.03. The second-order valence-corrected chi connectivity index (χ2v) is 5.34. The molecule has 1 aromatic carbocycles. The van der Waals surface area contributed by atoms with Gasteiger partial charge in [-0.05, 0) is 24.3 Å². The number of hydrogen-bond donors (Lipinski definition) is 1. The largest absolute Gasteiger partial charge is 0.504 e. The minimum atomic E-state index is -0.359. The molecule has 23 heavy (non-hydrogen) atoms. The molecule has 7 heteroatoms. The molecular weight excluding hydrogens is 298 g/mol. The Labute approximate surface area is 133 Å². The van der Waals surface area contributed by atoms with E-state index in [1.54, 1.807) is 36.3 Å². The number of aromatic nitrogens is 2. The quantitative estimate of drug-likeness (QED) is 0.925. The van der Waals surface area contributed by atoms with E-state index < -0.39 is 0 Å². The lowest BCUT2D eigenvalue weighted by Gasteiger charge is -2.25. The predicted octanol–water partition coefficient (Wildman–Crippen LogP) is 1.39. The molecule has 0 unspecified atom stereocenters. The Balaban J connectivity index is 1.82. The minimum Gasteiger partial charge on any atom is -0.504 e. The van der Waals surface area contributed by atoms with Crippen molar-refractivity contribution < 1.29 is 19.4 Å². The zero-order valence-electron chi connectivity index (χ0n) is 12.7. The number of Topliss-reactive ketones (excluding diaryl/α,β-unsaturated/α-hetero) is 1. The maximum absolute atomic E-state index is 12.4. The first-order chi connectivity index (χ1) is 11.1. The second-order valence-electron chi connectivity index (χ2n) is 5.34. The van der Waals surface area contributed by atoms with Gasteiger partial charge in [0.25, 0.3) is 5.91 Å².